The van der Waals surface area contributed by atoms with Crippen LogP contribution in [0.4, 0.5) is 0 Å². The first-order valence-electron chi connectivity index (χ1n) is 7.18. The van der Waals surface area contributed by atoms with E-state index >= 15 is 0 Å². The molecule has 1 saturated heterocycles. The molecular formula is C14H27N3O3. The fourth-order valence-corrected chi connectivity index (χ4v) is 2.39. The van der Waals surface area contributed by atoms with Gasteiger partial charge in [-0.1, -0.05) is 13.8 Å². The van der Waals surface area contributed by atoms with Crippen LogP contribution in [0.15, 0.2) is 0 Å². The third-order valence-corrected chi connectivity index (χ3v) is 3.61. The van der Waals surface area contributed by atoms with Crippen molar-refractivity contribution in [3.63, 3.8) is 0 Å². The molecule has 0 bridgehead atoms. The lowest BCUT2D eigenvalue weighted by atomic mass is 9.85. The lowest BCUT2D eigenvalue weighted by Crippen LogP contribution is -2.47. The van der Waals surface area contributed by atoms with Crippen LogP contribution < -0.4 is 5.32 Å². The van der Waals surface area contributed by atoms with E-state index in [1.807, 2.05) is 0 Å². The van der Waals surface area contributed by atoms with Crippen LogP contribution in [-0.2, 0) is 9.59 Å². The molecule has 2 N–H and O–H groups in total. The summed E-state index contributed by atoms with van der Waals surface area (Å²) in [4.78, 5) is 27.1. The monoisotopic (exact) mass is 285 g/mol. The van der Waals surface area contributed by atoms with Crippen molar-refractivity contribution in [3.8, 4) is 0 Å². The summed E-state index contributed by atoms with van der Waals surface area (Å²) in [5.74, 6) is -0.925. The normalized spacial score (nSPS) is 17.9. The van der Waals surface area contributed by atoms with E-state index in [1.165, 1.54) is 0 Å². The minimum absolute atomic E-state index is 0.0128. The SMILES string of the molecule is CN1CCN(CCNC(=O)CC(C)(C)CC(=O)O)CC1. The van der Waals surface area contributed by atoms with Gasteiger partial charge in [-0.3, -0.25) is 14.5 Å². The Morgan fingerprint density at radius 1 is 1.15 bits per heavy atom. The second kappa shape index (κ2) is 7.59. The highest BCUT2D eigenvalue weighted by molar-refractivity contribution is 5.77. The number of carbonyl (C=O) groups is 2. The van der Waals surface area contributed by atoms with Gasteiger partial charge in [-0.25, -0.2) is 0 Å². The lowest BCUT2D eigenvalue weighted by molar-refractivity contribution is -0.139. The number of carboxylic acid groups (broad SMARTS) is 1. The quantitative estimate of drug-likeness (QED) is 0.701. The van der Waals surface area contributed by atoms with E-state index in [0.29, 0.717) is 6.54 Å². The van der Waals surface area contributed by atoms with Crippen LogP contribution in [0, 0.1) is 5.41 Å². The van der Waals surface area contributed by atoms with Gasteiger partial charge in [-0.2, -0.15) is 0 Å². The van der Waals surface area contributed by atoms with E-state index in [1.54, 1.807) is 13.8 Å². The Bertz CT molecular complexity index is 337. The van der Waals surface area contributed by atoms with Crippen molar-refractivity contribution in [2.45, 2.75) is 26.7 Å². The second-order valence-electron chi connectivity index (χ2n) is 6.41. The predicted octanol–water partition coefficient (Wildman–Crippen LogP) is 0.241. The van der Waals surface area contributed by atoms with Crippen molar-refractivity contribution < 1.29 is 14.7 Å². The lowest BCUT2D eigenvalue weighted by Gasteiger charge is -2.32. The van der Waals surface area contributed by atoms with Crippen molar-refractivity contribution in [1.29, 1.82) is 0 Å². The first-order valence-corrected chi connectivity index (χ1v) is 7.18. The molecule has 1 heterocycles. The van der Waals surface area contributed by atoms with E-state index in [9.17, 15) is 9.59 Å². The zero-order valence-corrected chi connectivity index (χ0v) is 12.8. The average molecular weight is 285 g/mol. The standard InChI is InChI=1S/C14H27N3O3/c1-14(2,11-13(19)20)10-12(18)15-4-5-17-8-6-16(3)7-9-17/h4-11H2,1-3H3,(H,15,18)(H,19,20). The summed E-state index contributed by atoms with van der Waals surface area (Å²) in [6.45, 7) is 9.32. The molecule has 0 aliphatic carbocycles. The van der Waals surface area contributed by atoms with Crippen molar-refractivity contribution in [2.24, 2.45) is 5.41 Å². The summed E-state index contributed by atoms with van der Waals surface area (Å²) in [5, 5.41) is 11.7. The van der Waals surface area contributed by atoms with E-state index < -0.39 is 11.4 Å². The van der Waals surface area contributed by atoms with Gasteiger partial charge in [0, 0.05) is 45.7 Å². The van der Waals surface area contributed by atoms with Gasteiger partial charge in [0.2, 0.25) is 5.91 Å². The molecule has 6 heteroatoms. The molecule has 1 fully saturated rings. The first-order chi connectivity index (χ1) is 9.28. The first kappa shape index (κ1) is 16.9. The number of nitrogens with zero attached hydrogens (tertiary/aromatic N) is 2. The number of rotatable bonds is 7. The van der Waals surface area contributed by atoms with Crippen molar-refractivity contribution >= 4 is 11.9 Å². The molecule has 6 nitrogen and oxygen atoms in total. The van der Waals surface area contributed by atoms with E-state index in [-0.39, 0.29) is 18.7 Å². The molecule has 0 spiro atoms. The molecule has 116 valence electrons. The van der Waals surface area contributed by atoms with Crippen LogP contribution in [0.3, 0.4) is 0 Å². The Hall–Kier alpha value is -1.14. The number of hydrogen-bond donors (Lipinski definition) is 2. The summed E-state index contributed by atoms with van der Waals surface area (Å²) in [7, 11) is 2.11. The Labute approximate surface area is 121 Å². The molecule has 0 aromatic heterocycles. The van der Waals surface area contributed by atoms with Crippen LogP contribution >= 0.6 is 0 Å². The number of hydrogen-bond acceptors (Lipinski definition) is 4. The highest BCUT2D eigenvalue weighted by Gasteiger charge is 2.25. The maximum Gasteiger partial charge on any atom is 0.303 e. The fraction of sp³-hybridized carbons (Fsp3) is 0.857. The van der Waals surface area contributed by atoms with E-state index in [2.05, 4.69) is 22.2 Å². The van der Waals surface area contributed by atoms with Gasteiger partial charge < -0.3 is 15.3 Å². The van der Waals surface area contributed by atoms with Crippen molar-refractivity contribution in [3.05, 3.63) is 0 Å². The van der Waals surface area contributed by atoms with Crippen LogP contribution in [0.5, 0.6) is 0 Å². The molecule has 0 atom stereocenters. The molecule has 20 heavy (non-hydrogen) atoms. The highest BCUT2D eigenvalue weighted by Crippen LogP contribution is 2.24. The summed E-state index contributed by atoms with van der Waals surface area (Å²) < 4.78 is 0. The Morgan fingerprint density at radius 2 is 1.75 bits per heavy atom. The molecule has 0 saturated carbocycles. The third kappa shape index (κ3) is 6.86. The van der Waals surface area contributed by atoms with Gasteiger partial charge in [0.25, 0.3) is 0 Å². The smallest absolute Gasteiger partial charge is 0.303 e. The van der Waals surface area contributed by atoms with Crippen LogP contribution in [0.1, 0.15) is 26.7 Å². The van der Waals surface area contributed by atoms with Crippen LogP contribution in [-0.4, -0.2) is 73.1 Å². The van der Waals surface area contributed by atoms with Gasteiger partial charge in [0.05, 0.1) is 6.42 Å². The maximum absolute atomic E-state index is 11.8. The van der Waals surface area contributed by atoms with Crippen LogP contribution in [0.2, 0.25) is 0 Å². The number of amides is 1. The molecule has 0 unspecified atom stereocenters. The number of nitrogens with one attached hydrogen (secondary N) is 1. The molecule has 1 amide bonds. The van der Waals surface area contributed by atoms with Gasteiger partial charge in [0.1, 0.15) is 0 Å². The fourth-order valence-electron chi connectivity index (χ4n) is 2.39. The predicted molar refractivity (Wildman–Crippen MR) is 77.6 cm³/mol. The van der Waals surface area contributed by atoms with E-state index in [4.69, 9.17) is 5.11 Å². The summed E-state index contributed by atoms with van der Waals surface area (Å²) in [6.07, 6.45) is 0.265. The van der Waals surface area contributed by atoms with Gasteiger partial charge in [-0.15, -0.1) is 0 Å². The van der Waals surface area contributed by atoms with Crippen molar-refractivity contribution in [2.75, 3.05) is 46.3 Å². The zero-order chi connectivity index (χ0) is 15.2. The minimum Gasteiger partial charge on any atom is -0.481 e. The molecule has 0 aromatic carbocycles. The molecule has 1 aliphatic heterocycles. The van der Waals surface area contributed by atoms with E-state index in [0.717, 1.165) is 32.7 Å². The topological polar surface area (TPSA) is 72.9 Å². The largest absolute Gasteiger partial charge is 0.481 e. The molecule has 0 aromatic rings. The minimum atomic E-state index is -0.861. The molecular weight excluding hydrogens is 258 g/mol. The zero-order valence-electron chi connectivity index (χ0n) is 12.8. The summed E-state index contributed by atoms with van der Waals surface area (Å²) in [6, 6.07) is 0. The van der Waals surface area contributed by atoms with Gasteiger partial charge in [0.15, 0.2) is 0 Å². The van der Waals surface area contributed by atoms with Crippen LogP contribution in [0.25, 0.3) is 0 Å². The Balaban J connectivity index is 2.18. The van der Waals surface area contributed by atoms with Gasteiger partial charge >= 0.3 is 5.97 Å². The molecule has 1 rings (SSSR count). The molecule has 1 aliphatic rings. The maximum atomic E-state index is 11.8. The summed E-state index contributed by atoms with van der Waals surface area (Å²) >= 11 is 0. The second-order valence-corrected chi connectivity index (χ2v) is 6.41. The van der Waals surface area contributed by atoms with Crippen molar-refractivity contribution in [1.82, 2.24) is 15.1 Å². The number of carbonyl (C=O) groups excluding carboxylic acids is 1. The summed E-state index contributed by atoms with van der Waals surface area (Å²) in [5.41, 5.74) is -0.496. The average Bonchev–Trinajstić information content (AvgIpc) is 2.29. The number of likely N-dealkylation sites (N-methyl/N-ethyl adjacent to an activating group) is 1. The third-order valence-electron chi connectivity index (χ3n) is 3.61. The van der Waals surface area contributed by atoms with Gasteiger partial charge in [-0.05, 0) is 12.5 Å². The number of piperazine rings is 1. The Morgan fingerprint density at radius 3 is 2.30 bits per heavy atom. The highest BCUT2D eigenvalue weighted by atomic mass is 16.4. The number of aliphatic carboxylic acids is 1. The Kier molecular flexibility index (Phi) is 6.42. The number of carboxylic acids is 1. The molecule has 0 radical (unpaired) electrons.